The zero-order chi connectivity index (χ0) is 22.2. The fourth-order valence-corrected chi connectivity index (χ4v) is 4.60. The molecular formula is C24H34FN5O2. The highest BCUT2D eigenvalue weighted by atomic mass is 19.1. The van der Waals surface area contributed by atoms with E-state index in [0.717, 1.165) is 51.0 Å². The van der Waals surface area contributed by atoms with E-state index in [-0.39, 0.29) is 17.6 Å². The highest BCUT2D eigenvalue weighted by Gasteiger charge is 2.26. The van der Waals surface area contributed by atoms with Crippen molar-refractivity contribution in [1.82, 2.24) is 25.3 Å². The highest BCUT2D eigenvalue weighted by molar-refractivity contribution is 5.78. The van der Waals surface area contributed by atoms with Crippen molar-refractivity contribution in [2.75, 3.05) is 39.3 Å². The van der Waals surface area contributed by atoms with Crippen LogP contribution in [0.15, 0.2) is 28.8 Å². The van der Waals surface area contributed by atoms with Crippen molar-refractivity contribution in [3.05, 3.63) is 36.0 Å². The lowest BCUT2D eigenvalue weighted by Crippen LogP contribution is -2.41. The van der Waals surface area contributed by atoms with E-state index in [0.29, 0.717) is 18.3 Å². The van der Waals surface area contributed by atoms with E-state index in [1.54, 1.807) is 12.1 Å². The van der Waals surface area contributed by atoms with Crippen LogP contribution in [0.5, 0.6) is 0 Å². The number of likely N-dealkylation sites (tertiary alicyclic amines) is 2. The Morgan fingerprint density at radius 3 is 2.47 bits per heavy atom. The average Bonchev–Trinajstić information content (AvgIpc) is 3.11. The molecule has 2 aliphatic rings. The fourth-order valence-electron chi connectivity index (χ4n) is 4.60. The van der Waals surface area contributed by atoms with Crippen LogP contribution in [-0.4, -0.2) is 65.1 Å². The first kappa shape index (κ1) is 22.9. The number of nitrogens with one attached hydrogen (secondary N) is 1. The average molecular weight is 444 g/mol. The maximum Gasteiger partial charge on any atom is 0.241 e. The first-order valence-corrected chi connectivity index (χ1v) is 12.0. The zero-order valence-electron chi connectivity index (χ0n) is 18.8. The summed E-state index contributed by atoms with van der Waals surface area (Å²) in [6, 6.07) is 6.05. The lowest BCUT2D eigenvalue weighted by atomic mass is 9.96. The molecule has 0 spiro atoms. The minimum absolute atomic E-state index is 0.0851. The topological polar surface area (TPSA) is 74.5 Å². The molecule has 8 heteroatoms. The second-order valence-corrected chi connectivity index (χ2v) is 8.97. The van der Waals surface area contributed by atoms with E-state index in [4.69, 9.17) is 4.52 Å². The molecule has 2 fully saturated rings. The van der Waals surface area contributed by atoms with Gasteiger partial charge in [0.1, 0.15) is 5.82 Å². The fraction of sp³-hybridized carbons (Fsp3) is 0.625. The van der Waals surface area contributed by atoms with E-state index in [1.165, 1.54) is 50.9 Å². The predicted molar refractivity (Wildman–Crippen MR) is 120 cm³/mol. The Labute approximate surface area is 189 Å². The molecule has 2 saturated heterocycles. The lowest BCUT2D eigenvalue weighted by molar-refractivity contribution is -0.126. The van der Waals surface area contributed by atoms with Crippen LogP contribution in [-0.2, 0) is 11.3 Å². The van der Waals surface area contributed by atoms with Crippen LogP contribution in [0.25, 0.3) is 11.4 Å². The largest absolute Gasteiger partial charge is 0.356 e. The van der Waals surface area contributed by atoms with Crippen LogP contribution in [0.2, 0.25) is 0 Å². The Balaban J connectivity index is 1.14. The number of carbonyl (C=O) groups is 1. The van der Waals surface area contributed by atoms with Gasteiger partial charge >= 0.3 is 0 Å². The molecular weight excluding hydrogens is 409 g/mol. The minimum atomic E-state index is -0.290. The molecule has 0 radical (unpaired) electrons. The molecule has 0 unspecified atom stereocenters. The smallest absolute Gasteiger partial charge is 0.241 e. The Morgan fingerprint density at radius 2 is 1.75 bits per heavy atom. The number of carbonyl (C=O) groups excluding carboxylic acids is 1. The van der Waals surface area contributed by atoms with Crippen LogP contribution < -0.4 is 5.32 Å². The van der Waals surface area contributed by atoms with Gasteiger partial charge in [-0.15, -0.1) is 0 Å². The number of piperidine rings is 1. The van der Waals surface area contributed by atoms with E-state index in [1.807, 2.05) is 0 Å². The summed E-state index contributed by atoms with van der Waals surface area (Å²) < 4.78 is 18.5. The van der Waals surface area contributed by atoms with Gasteiger partial charge < -0.3 is 14.7 Å². The standard InChI is InChI=1S/C24H34FN5O2/c25-21-8-6-19(7-9-21)23-27-22(32-28-23)18-30-16-10-20(11-17-30)24(31)26-12-5-15-29-13-3-1-2-4-14-29/h6-9,20H,1-5,10-18H2,(H,26,31). The molecule has 2 aliphatic heterocycles. The molecule has 174 valence electrons. The molecule has 1 amide bonds. The third-order valence-electron chi connectivity index (χ3n) is 6.54. The van der Waals surface area contributed by atoms with Gasteiger partial charge in [-0.3, -0.25) is 9.69 Å². The first-order valence-electron chi connectivity index (χ1n) is 12.0. The first-order chi connectivity index (χ1) is 15.7. The molecule has 3 heterocycles. The van der Waals surface area contributed by atoms with E-state index in [2.05, 4.69) is 25.3 Å². The molecule has 7 nitrogen and oxygen atoms in total. The SMILES string of the molecule is O=C(NCCCN1CCCCCC1)C1CCN(Cc2nc(-c3ccc(F)cc3)no2)CC1. The van der Waals surface area contributed by atoms with Crippen LogP contribution in [0.3, 0.4) is 0 Å². The summed E-state index contributed by atoms with van der Waals surface area (Å²) in [6.07, 6.45) is 8.04. The number of rotatable bonds is 8. The summed E-state index contributed by atoms with van der Waals surface area (Å²) in [5, 5.41) is 7.15. The molecule has 1 aromatic heterocycles. The van der Waals surface area contributed by atoms with Crippen molar-refractivity contribution in [2.45, 2.75) is 51.5 Å². The number of benzene rings is 1. The van der Waals surface area contributed by atoms with Crippen LogP contribution in [0.1, 0.15) is 50.8 Å². The van der Waals surface area contributed by atoms with Crippen molar-refractivity contribution >= 4 is 5.91 Å². The molecule has 0 bridgehead atoms. The van der Waals surface area contributed by atoms with Gasteiger partial charge in [0.2, 0.25) is 17.6 Å². The number of halogens is 1. The number of hydrogen-bond acceptors (Lipinski definition) is 6. The maximum absolute atomic E-state index is 13.1. The number of amides is 1. The molecule has 32 heavy (non-hydrogen) atoms. The molecule has 2 aromatic rings. The second kappa shape index (κ2) is 11.5. The third-order valence-corrected chi connectivity index (χ3v) is 6.54. The minimum Gasteiger partial charge on any atom is -0.356 e. The quantitative estimate of drug-likeness (QED) is 0.630. The van der Waals surface area contributed by atoms with Crippen LogP contribution in [0.4, 0.5) is 4.39 Å². The van der Waals surface area contributed by atoms with Crippen molar-refractivity contribution in [2.24, 2.45) is 5.92 Å². The van der Waals surface area contributed by atoms with E-state index < -0.39 is 0 Å². The summed E-state index contributed by atoms with van der Waals surface area (Å²) in [7, 11) is 0. The number of aromatic nitrogens is 2. The second-order valence-electron chi connectivity index (χ2n) is 8.97. The van der Waals surface area contributed by atoms with Crippen molar-refractivity contribution in [1.29, 1.82) is 0 Å². The van der Waals surface area contributed by atoms with Crippen LogP contribution >= 0.6 is 0 Å². The van der Waals surface area contributed by atoms with Gasteiger partial charge in [0.05, 0.1) is 6.54 Å². The normalized spacial score (nSPS) is 19.0. The zero-order valence-corrected chi connectivity index (χ0v) is 18.8. The van der Waals surface area contributed by atoms with E-state index >= 15 is 0 Å². The van der Waals surface area contributed by atoms with Gasteiger partial charge in [0, 0.05) is 18.0 Å². The summed E-state index contributed by atoms with van der Waals surface area (Å²) in [5.41, 5.74) is 0.729. The molecule has 0 atom stereocenters. The van der Waals surface area contributed by atoms with Gasteiger partial charge in [0.25, 0.3) is 0 Å². The molecule has 1 aromatic carbocycles. The Kier molecular flexibility index (Phi) is 8.23. The summed E-state index contributed by atoms with van der Waals surface area (Å²) >= 11 is 0. The van der Waals surface area contributed by atoms with Gasteiger partial charge in [0.15, 0.2) is 0 Å². The summed E-state index contributed by atoms with van der Waals surface area (Å²) in [4.78, 5) is 21.7. The van der Waals surface area contributed by atoms with Gasteiger partial charge in [-0.05, 0) is 89.1 Å². The van der Waals surface area contributed by atoms with Crippen LogP contribution in [0, 0.1) is 11.7 Å². The Morgan fingerprint density at radius 1 is 1.03 bits per heavy atom. The monoisotopic (exact) mass is 443 g/mol. The summed E-state index contributed by atoms with van der Waals surface area (Å²) in [5.74, 6) is 0.996. The van der Waals surface area contributed by atoms with E-state index in [9.17, 15) is 9.18 Å². The van der Waals surface area contributed by atoms with Gasteiger partial charge in [-0.1, -0.05) is 18.0 Å². The maximum atomic E-state index is 13.1. The van der Waals surface area contributed by atoms with Crippen molar-refractivity contribution < 1.29 is 13.7 Å². The lowest BCUT2D eigenvalue weighted by Gasteiger charge is -2.30. The highest BCUT2D eigenvalue weighted by Crippen LogP contribution is 2.21. The summed E-state index contributed by atoms with van der Waals surface area (Å²) in [6.45, 7) is 6.50. The Hall–Kier alpha value is -2.32. The Bertz CT molecular complexity index is 840. The third kappa shape index (κ3) is 6.59. The molecule has 4 rings (SSSR count). The van der Waals surface area contributed by atoms with Gasteiger partial charge in [-0.25, -0.2) is 4.39 Å². The molecule has 1 N–H and O–H groups in total. The number of nitrogens with zero attached hydrogens (tertiary/aromatic N) is 4. The predicted octanol–water partition coefficient (Wildman–Crippen LogP) is 3.47. The molecule has 0 aliphatic carbocycles. The molecule has 0 saturated carbocycles. The van der Waals surface area contributed by atoms with Crippen molar-refractivity contribution in [3.63, 3.8) is 0 Å². The van der Waals surface area contributed by atoms with Gasteiger partial charge in [-0.2, -0.15) is 4.98 Å². The van der Waals surface area contributed by atoms with Crippen molar-refractivity contribution in [3.8, 4) is 11.4 Å². The number of hydrogen-bond donors (Lipinski definition) is 1.